The number of hydrogen-bond acceptors (Lipinski definition) is 6. The van der Waals surface area contributed by atoms with Crippen LogP contribution in [0.2, 0.25) is 0 Å². The minimum Gasteiger partial charge on any atom is -0.493 e. The average molecular weight is 292 g/mol. The Hall–Kier alpha value is -1.95. The Labute approximate surface area is 121 Å². The van der Waals surface area contributed by atoms with Crippen molar-refractivity contribution in [3.63, 3.8) is 0 Å². The Bertz CT molecular complexity index is 623. The molecule has 20 heavy (non-hydrogen) atoms. The zero-order valence-electron chi connectivity index (χ0n) is 11.8. The van der Waals surface area contributed by atoms with E-state index in [1.165, 1.54) is 0 Å². The van der Waals surface area contributed by atoms with Gasteiger partial charge < -0.3 is 9.47 Å². The molecule has 1 aromatic carbocycles. The minimum atomic E-state index is -0.0929. The summed E-state index contributed by atoms with van der Waals surface area (Å²) in [6, 6.07) is 5.11. The smallest absolute Gasteiger partial charge is 0.206 e. The molecule has 6 heteroatoms. The van der Waals surface area contributed by atoms with Gasteiger partial charge in [0.15, 0.2) is 11.5 Å². The van der Waals surface area contributed by atoms with Crippen molar-refractivity contribution in [2.24, 2.45) is 0 Å². The number of ether oxygens (including phenoxy) is 2. The fourth-order valence-corrected chi connectivity index (χ4v) is 2.62. The summed E-state index contributed by atoms with van der Waals surface area (Å²) in [7, 11) is 3.10. The van der Waals surface area contributed by atoms with Gasteiger partial charge in [-0.25, -0.2) is 0 Å². The van der Waals surface area contributed by atoms with Crippen LogP contribution in [-0.2, 0) is 0 Å². The molecule has 106 valence electrons. The van der Waals surface area contributed by atoms with E-state index in [-0.39, 0.29) is 11.7 Å². The van der Waals surface area contributed by atoms with Gasteiger partial charge in [0.1, 0.15) is 4.88 Å². The number of aromatic nitrogens is 2. The molecule has 1 heterocycles. The van der Waals surface area contributed by atoms with Crippen molar-refractivity contribution in [1.29, 1.82) is 0 Å². The predicted molar refractivity (Wildman–Crippen MR) is 77.0 cm³/mol. The van der Waals surface area contributed by atoms with Gasteiger partial charge in [0.25, 0.3) is 0 Å². The van der Waals surface area contributed by atoms with Crippen molar-refractivity contribution in [2.45, 2.75) is 19.8 Å². The number of ketones is 1. The van der Waals surface area contributed by atoms with Crippen LogP contribution in [0.5, 0.6) is 11.5 Å². The quantitative estimate of drug-likeness (QED) is 0.793. The van der Waals surface area contributed by atoms with E-state index in [2.05, 4.69) is 9.59 Å². The fourth-order valence-electron chi connectivity index (χ4n) is 1.84. The Morgan fingerprint density at radius 1 is 1.20 bits per heavy atom. The van der Waals surface area contributed by atoms with Crippen molar-refractivity contribution >= 4 is 17.3 Å². The molecule has 0 saturated heterocycles. The van der Waals surface area contributed by atoms with Crippen LogP contribution < -0.4 is 9.47 Å². The van der Waals surface area contributed by atoms with E-state index in [0.29, 0.717) is 21.9 Å². The summed E-state index contributed by atoms with van der Waals surface area (Å²) in [6.45, 7) is 3.98. The summed E-state index contributed by atoms with van der Waals surface area (Å²) in [5, 5.41) is 4.03. The number of nitrogens with zero attached hydrogens (tertiary/aromatic N) is 2. The molecule has 0 bridgehead atoms. The largest absolute Gasteiger partial charge is 0.493 e. The first kappa shape index (κ1) is 14.5. The second-order valence-electron chi connectivity index (χ2n) is 4.54. The molecule has 2 aromatic rings. The molecule has 0 spiro atoms. The van der Waals surface area contributed by atoms with Crippen molar-refractivity contribution < 1.29 is 14.3 Å². The van der Waals surface area contributed by atoms with Gasteiger partial charge in [-0.1, -0.05) is 18.3 Å². The van der Waals surface area contributed by atoms with Crippen LogP contribution in [0.4, 0.5) is 0 Å². The number of benzene rings is 1. The van der Waals surface area contributed by atoms with E-state index in [1.54, 1.807) is 32.4 Å². The Balaban J connectivity index is 2.41. The Kier molecular flexibility index (Phi) is 4.34. The maximum atomic E-state index is 12.5. The normalized spacial score (nSPS) is 10.7. The van der Waals surface area contributed by atoms with Crippen LogP contribution in [0.15, 0.2) is 18.2 Å². The van der Waals surface area contributed by atoms with E-state index in [0.717, 1.165) is 17.2 Å². The van der Waals surface area contributed by atoms with Gasteiger partial charge in [0, 0.05) is 5.56 Å². The third kappa shape index (κ3) is 2.65. The zero-order valence-corrected chi connectivity index (χ0v) is 12.7. The first-order valence-corrected chi connectivity index (χ1v) is 6.94. The predicted octanol–water partition coefficient (Wildman–Crippen LogP) is 2.91. The van der Waals surface area contributed by atoms with Gasteiger partial charge in [-0.2, -0.15) is 0 Å². The summed E-state index contributed by atoms with van der Waals surface area (Å²) in [5.41, 5.74) is 1.27. The number of carbonyl (C=O) groups is 1. The molecule has 0 amide bonds. The van der Waals surface area contributed by atoms with E-state index in [9.17, 15) is 4.79 Å². The standard InChI is InChI=1S/C14H16N2O3S/c1-8(2)12-14(20-16-15-12)13(17)9-5-6-10(18-3)11(7-9)19-4/h5-8H,1-4H3. The number of methoxy groups -OCH3 is 2. The minimum absolute atomic E-state index is 0.0929. The van der Waals surface area contributed by atoms with E-state index in [1.807, 2.05) is 13.8 Å². The van der Waals surface area contributed by atoms with E-state index < -0.39 is 0 Å². The third-order valence-corrected chi connectivity index (χ3v) is 3.65. The third-order valence-electron chi connectivity index (χ3n) is 2.91. The highest BCUT2D eigenvalue weighted by atomic mass is 32.1. The summed E-state index contributed by atoms with van der Waals surface area (Å²) < 4.78 is 14.3. The number of rotatable bonds is 5. The lowest BCUT2D eigenvalue weighted by atomic mass is 10.0. The second kappa shape index (κ2) is 6.00. The maximum absolute atomic E-state index is 12.5. The van der Waals surface area contributed by atoms with Gasteiger partial charge in [0.05, 0.1) is 19.9 Å². The first-order valence-electron chi connectivity index (χ1n) is 6.17. The fraction of sp³-hybridized carbons (Fsp3) is 0.357. The van der Waals surface area contributed by atoms with Crippen molar-refractivity contribution in [3.05, 3.63) is 34.3 Å². The summed E-state index contributed by atoms with van der Waals surface area (Å²) in [5.74, 6) is 1.19. The topological polar surface area (TPSA) is 61.3 Å². The van der Waals surface area contributed by atoms with Gasteiger partial charge in [-0.3, -0.25) is 4.79 Å². The van der Waals surface area contributed by atoms with Gasteiger partial charge >= 0.3 is 0 Å². The molecule has 5 nitrogen and oxygen atoms in total. The van der Waals surface area contributed by atoms with Gasteiger partial charge in [-0.15, -0.1) is 5.10 Å². The number of carbonyl (C=O) groups excluding carboxylic acids is 1. The Morgan fingerprint density at radius 2 is 1.90 bits per heavy atom. The van der Waals surface area contributed by atoms with Crippen molar-refractivity contribution in [1.82, 2.24) is 9.59 Å². The van der Waals surface area contributed by atoms with Gasteiger partial charge in [-0.05, 0) is 35.6 Å². The summed E-state index contributed by atoms with van der Waals surface area (Å²) >= 11 is 1.12. The molecule has 0 aliphatic carbocycles. The lowest BCUT2D eigenvalue weighted by Gasteiger charge is -2.09. The average Bonchev–Trinajstić information content (AvgIpc) is 2.95. The lowest BCUT2D eigenvalue weighted by Crippen LogP contribution is -2.05. The highest BCUT2D eigenvalue weighted by molar-refractivity contribution is 7.08. The molecule has 0 aliphatic heterocycles. The van der Waals surface area contributed by atoms with Crippen LogP contribution in [0.25, 0.3) is 0 Å². The molecule has 0 radical (unpaired) electrons. The highest BCUT2D eigenvalue weighted by Gasteiger charge is 2.21. The number of hydrogen-bond donors (Lipinski definition) is 0. The van der Waals surface area contributed by atoms with Crippen LogP contribution in [0.1, 0.15) is 40.7 Å². The molecular weight excluding hydrogens is 276 g/mol. The molecule has 0 fully saturated rings. The molecule has 0 unspecified atom stereocenters. The molecule has 1 aromatic heterocycles. The summed E-state index contributed by atoms with van der Waals surface area (Å²) in [6.07, 6.45) is 0. The molecule has 0 aliphatic rings. The zero-order chi connectivity index (χ0) is 14.7. The molecule has 0 atom stereocenters. The van der Waals surface area contributed by atoms with Crippen LogP contribution in [0.3, 0.4) is 0 Å². The lowest BCUT2D eigenvalue weighted by molar-refractivity contribution is 0.104. The molecule has 0 saturated carbocycles. The van der Waals surface area contributed by atoms with E-state index >= 15 is 0 Å². The monoisotopic (exact) mass is 292 g/mol. The highest BCUT2D eigenvalue weighted by Crippen LogP contribution is 2.30. The van der Waals surface area contributed by atoms with Crippen LogP contribution in [0, 0.1) is 0 Å². The summed E-state index contributed by atoms with van der Waals surface area (Å²) in [4.78, 5) is 13.1. The second-order valence-corrected chi connectivity index (χ2v) is 5.30. The maximum Gasteiger partial charge on any atom is 0.206 e. The van der Waals surface area contributed by atoms with Crippen LogP contribution in [-0.4, -0.2) is 29.6 Å². The molecule has 0 N–H and O–H groups in total. The molecule has 2 rings (SSSR count). The van der Waals surface area contributed by atoms with Crippen molar-refractivity contribution in [3.8, 4) is 11.5 Å². The SMILES string of the molecule is COc1ccc(C(=O)c2snnc2C(C)C)cc1OC. The molecular formula is C14H16N2O3S. The van der Waals surface area contributed by atoms with Gasteiger partial charge in [0.2, 0.25) is 5.78 Å². The Morgan fingerprint density at radius 3 is 2.50 bits per heavy atom. The van der Waals surface area contributed by atoms with Crippen molar-refractivity contribution in [2.75, 3.05) is 14.2 Å². The van der Waals surface area contributed by atoms with Crippen LogP contribution >= 0.6 is 11.5 Å². The first-order chi connectivity index (χ1) is 9.58. The van der Waals surface area contributed by atoms with E-state index in [4.69, 9.17) is 9.47 Å².